The van der Waals surface area contributed by atoms with Gasteiger partial charge in [-0.2, -0.15) is 0 Å². The zero-order valence-electron chi connectivity index (χ0n) is 19.5. The number of nitrogen functional groups attached to an aromatic ring is 1. The number of anilines is 1. The molecular weight excluding hydrogens is 466 g/mol. The SMILES string of the molecule is CC(C)NSc1cccc(-c2ccnc3ccc(-c4cnc(N)c(S(=O)(=O)N(C)C)c4)cc23)c1. The Kier molecular flexibility index (Phi) is 6.90. The maximum atomic E-state index is 12.7. The Morgan fingerprint density at radius 3 is 2.50 bits per heavy atom. The minimum absolute atomic E-state index is 0.0103. The second kappa shape index (κ2) is 9.71. The summed E-state index contributed by atoms with van der Waals surface area (Å²) in [6, 6.07) is 18.1. The van der Waals surface area contributed by atoms with E-state index in [1.165, 1.54) is 14.1 Å². The van der Waals surface area contributed by atoms with E-state index in [1.807, 2.05) is 30.3 Å². The highest BCUT2D eigenvalue weighted by molar-refractivity contribution is 7.97. The van der Waals surface area contributed by atoms with Crippen LogP contribution in [0.4, 0.5) is 5.82 Å². The Hall–Kier alpha value is -2.98. The van der Waals surface area contributed by atoms with Crippen molar-refractivity contribution in [2.75, 3.05) is 19.8 Å². The van der Waals surface area contributed by atoms with Crippen LogP contribution in [0.5, 0.6) is 0 Å². The smallest absolute Gasteiger partial charge is 0.246 e. The van der Waals surface area contributed by atoms with Gasteiger partial charge in [0.25, 0.3) is 0 Å². The summed E-state index contributed by atoms with van der Waals surface area (Å²) in [7, 11) is -0.781. The van der Waals surface area contributed by atoms with Crippen molar-refractivity contribution in [3.63, 3.8) is 0 Å². The molecule has 34 heavy (non-hydrogen) atoms. The van der Waals surface area contributed by atoms with Gasteiger partial charge in [-0.15, -0.1) is 0 Å². The van der Waals surface area contributed by atoms with Gasteiger partial charge in [0.15, 0.2) is 0 Å². The highest BCUT2D eigenvalue weighted by atomic mass is 32.2. The van der Waals surface area contributed by atoms with Gasteiger partial charge in [0, 0.05) is 48.4 Å². The van der Waals surface area contributed by atoms with Crippen molar-refractivity contribution in [3.05, 3.63) is 67.0 Å². The number of hydrogen-bond donors (Lipinski definition) is 2. The molecule has 9 heteroatoms. The summed E-state index contributed by atoms with van der Waals surface area (Å²) in [5.74, 6) is -0.0232. The molecule has 0 spiro atoms. The molecule has 0 aliphatic rings. The fourth-order valence-corrected chi connectivity index (χ4v) is 5.20. The van der Waals surface area contributed by atoms with Gasteiger partial charge in [-0.3, -0.25) is 9.71 Å². The van der Waals surface area contributed by atoms with Crippen LogP contribution in [-0.2, 0) is 10.0 Å². The number of nitrogens with zero attached hydrogens (tertiary/aromatic N) is 3. The van der Waals surface area contributed by atoms with Gasteiger partial charge in [0.1, 0.15) is 10.7 Å². The maximum Gasteiger partial charge on any atom is 0.246 e. The fraction of sp³-hybridized carbons (Fsp3) is 0.200. The first kappa shape index (κ1) is 24.2. The Labute approximate surface area is 204 Å². The summed E-state index contributed by atoms with van der Waals surface area (Å²) >= 11 is 1.60. The summed E-state index contributed by atoms with van der Waals surface area (Å²) in [6.07, 6.45) is 3.39. The van der Waals surface area contributed by atoms with Crippen LogP contribution in [0.2, 0.25) is 0 Å². The first-order chi connectivity index (χ1) is 16.2. The molecule has 176 valence electrons. The Balaban J connectivity index is 1.81. The second-order valence-electron chi connectivity index (χ2n) is 8.39. The molecule has 0 unspecified atom stereocenters. The molecule has 4 rings (SSSR count). The van der Waals surface area contributed by atoms with Crippen molar-refractivity contribution < 1.29 is 8.42 Å². The number of hydrogen-bond acceptors (Lipinski definition) is 7. The molecule has 0 aliphatic carbocycles. The van der Waals surface area contributed by atoms with Crippen LogP contribution in [0.3, 0.4) is 0 Å². The normalized spacial score (nSPS) is 12.1. The van der Waals surface area contributed by atoms with Gasteiger partial charge in [0.2, 0.25) is 10.0 Å². The molecule has 3 N–H and O–H groups in total. The van der Waals surface area contributed by atoms with Gasteiger partial charge >= 0.3 is 0 Å². The lowest BCUT2D eigenvalue weighted by Gasteiger charge is -2.14. The van der Waals surface area contributed by atoms with Gasteiger partial charge in [-0.05, 0) is 78.9 Å². The van der Waals surface area contributed by atoms with Crippen LogP contribution < -0.4 is 10.5 Å². The van der Waals surface area contributed by atoms with E-state index >= 15 is 0 Å². The number of fused-ring (bicyclic) bond motifs is 1. The van der Waals surface area contributed by atoms with E-state index in [2.05, 4.69) is 46.7 Å². The highest BCUT2D eigenvalue weighted by Crippen LogP contribution is 2.34. The number of benzene rings is 2. The average Bonchev–Trinajstić information content (AvgIpc) is 2.82. The topological polar surface area (TPSA) is 101 Å². The third-order valence-corrected chi connectivity index (χ3v) is 8.20. The molecule has 0 saturated carbocycles. The molecule has 0 aliphatic heterocycles. The van der Waals surface area contributed by atoms with Gasteiger partial charge < -0.3 is 5.73 Å². The molecule has 2 aromatic carbocycles. The molecule has 4 aromatic rings. The first-order valence-corrected chi connectivity index (χ1v) is 13.0. The summed E-state index contributed by atoms with van der Waals surface area (Å²) in [5, 5.41) is 0.966. The lowest BCUT2D eigenvalue weighted by atomic mass is 9.98. The van der Waals surface area contributed by atoms with E-state index in [-0.39, 0.29) is 10.7 Å². The summed E-state index contributed by atoms with van der Waals surface area (Å²) in [4.78, 5) is 9.79. The number of nitrogens with one attached hydrogen (secondary N) is 1. The Bertz CT molecular complexity index is 1450. The molecule has 0 saturated heterocycles. The van der Waals surface area contributed by atoms with E-state index in [1.54, 1.807) is 30.4 Å². The van der Waals surface area contributed by atoms with E-state index in [0.717, 1.165) is 36.8 Å². The van der Waals surface area contributed by atoms with Crippen LogP contribution in [0, 0.1) is 0 Å². The summed E-state index contributed by atoms with van der Waals surface area (Å²) < 4.78 is 29.9. The van der Waals surface area contributed by atoms with Crippen LogP contribution in [0.1, 0.15) is 13.8 Å². The largest absolute Gasteiger partial charge is 0.383 e. The molecule has 0 bridgehead atoms. The average molecular weight is 494 g/mol. The van der Waals surface area contributed by atoms with Crippen LogP contribution in [-0.4, -0.2) is 42.8 Å². The third-order valence-electron chi connectivity index (χ3n) is 5.27. The zero-order chi connectivity index (χ0) is 24.5. The van der Waals surface area contributed by atoms with Gasteiger partial charge in [-0.1, -0.05) is 18.2 Å². The fourth-order valence-electron chi connectivity index (χ4n) is 3.51. The molecule has 2 heterocycles. The number of sulfonamides is 1. The van der Waals surface area contributed by atoms with Crippen LogP contribution in [0.15, 0.2) is 76.8 Å². The molecule has 0 radical (unpaired) electrons. The minimum Gasteiger partial charge on any atom is -0.383 e. The van der Waals surface area contributed by atoms with Crippen molar-refractivity contribution >= 4 is 38.7 Å². The molecule has 2 aromatic heterocycles. The Morgan fingerprint density at radius 1 is 0.971 bits per heavy atom. The molecule has 7 nitrogen and oxygen atoms in total. The lowest BCUT2D eigenvalue weighted by Crippen LogP contribution is -2.23. The second-order valence-corrected chi connectivity index (χ2v) is 11.4. The quantitative estimate of drug-likeness (QED) is 0.357. The van der Waals surface area contributed by atoms with Gasteiger partial charge in [-0.25, -0.2) is 17.7 Å². The highest BCUT2D eigenvalue weighted by Gasteiger charge is 2.22. The van der Waals surface area contributed by atoms with Crippen molar-refractivity contribution in [2.24, 2.45) is 0 Å². The molecular formula is C25H27N5O2S2. The van der Waals surface area contributed by atoms with Gasteiger partial charge in [0.05, 0.1) is 5.52 Å². The standard InChI is InChI=1S/C25H27N5O2S2/c1-16(2)29-33-20-7-5-6-18(12-20)21-10-11-27-23-9-8-17(13-22(21)23)19-14-24(25(26)28-15-19)34(31,32)30(3)4/h5-16,29H,1-4H3,(H2,26,28). The third kappa shape index (κ3) is 4.92. The number of pyridine rings is 2. The first-order valence-electron chi connectivity index (χ1n) is 10.8. The zero-order valence-corrected chi connectivity index (χ0v) is 21.1. The van der Waals surface area contributed by atoms with Crippen molar-refractivity contribution in [2.45, 2.75) is 29.7 Å². The van der Waals surface area contributed by atoms with E-state index in [4.69, 9.17) is 5.73 Å². The number of nitrogens with two attached hydrogens (primary N) is 1. The predicted octanol–water partition coefficient (Wildman–Crippen LogP) is 4.80. The van der Waals surface area contributed by atoms with E-state index < -0.39 is 10.0 Å². The van der Waals surface area contributed by atoms with Crippen molar-refractivity contribution in [1.82, 2.24) is 19.0 Å². The molecule has 0 fully saturated rings. The molecule has 0 atom stereocenters. The number of rotatable bonds is 7. The van der Waals surface area contributed by atoms with E-state index in [9.17, 15) is 8.42 Å². The van der Waals surface area contributed by atoms with Crippen molar-refractivity contribution in [1.29, 1.82) is 0 Å². The van der Waals surface area contributed by atoms with E-state index in [0.29, 0.717) is 11.6 Å². The van der Waals surface area contributed by atoms with Crippen LogP contribution in [0.25, 0.3) is 33.2 Å². The number of aromatic nitrogens is 2. The lowest BCUT2D eigenvalue weighted by molar-refractivity contribution is 0.521. The summed E-state index contributed by atoms with van der Waals surface area (Å²) in [5.41, 5.74) is 10.4. The summed E-state index contributed by atoms with van der Waals surface area (Å²) in [6.45, 7) is 4.21. The molecule has 0 amide bonds. The maximum absolute atomic E-state index is 12.7. The van der Waals surface area contributed by atoms with Crippen molar-refractivity contribution in [3.8, 4) is 22.3 Å². The Morgan fingerprint density at radius 2 is 1.76 bits per heavy atom. The monoisotopic (exact) mass is 493 g/mol. The van der Waals surface area contributed by atoms with Crippen LogP contribution >= 0.6 is 11.9 Å². The predicted molar refractivity (Wildman–Crippen MR) is 140 cm³/mol. The minimum atomic E-state index is -3.72.